The Morgan fingerprint density at radius 3 is 2.06 bits per heavy atom. The summed E-state index contributed by atoms with van der Waals surface area (Å²) in [7, 11) is 3.36. The maximum absolute atomic E-state index is 8.87. The fraction of sp³-hybridized carbons (Fsp3) is 0.321. The lowest BCUT2D eigenvalue weighted by atomic mass is 10.1. The van der Waals surface area contributed by atoms with Crippen molar-refractivity contribution in [3.05, 3.63) is 93.5 Å². The second kappa shape index (κ2) is 10.2. The van der Waals surface area contributed by atoms with Crippen LogP contribution >= 0.6 is 0 Å². The fourth-order valence-electron chi connectivity index (χ4n) is 4.70. The van der Waals surface area contributed by atoms with Gasteiger partial charge in [0.1, 0.15) is 17.3 Å². The van der Waals surface area contributed by atoms with E-state index >= 15 is 0 Å². The highest BCUT2D eigenvalue weighted by molar-refractivity contribution is 5.81. The Morgan fingerprint density at radius 1 is 0.972 bits per heavy atom. The van der Waals surface area contributed by atoms with Crippen LogP contribution in [-0.4, -0.2) is 23.8 Å². The average Bonchev–Trinajstić information content (AvgIpc) is 3.68. The number of hydrogen-bond donors (Lipinski definition) is 0. The van der Waals surface area contributed by atoms with E-state index in [9.17, 15) is 0 Å². The quantitative estimate of drug-likeness (QED) is 0.143. The number of hydrogen-bond acceptors (Lipinski definition) is 5. The summed E-state index contributed by atoms with van der Waals surface area (Å²) in [6.45, 7) is 3.85. The minimum Gasteiger partial charge on any atom is -0.497 e. The van der Waals surface area contributed by atoms with Crippen molar-refractivity contribution in [1.82, 2.24) is 9.55 Å². The van der Waals surface area contributed by atoms with Gasteiger partial charge in [0, 0.05) is 29.7 Å². The van der Waals surface area contributed by atoms with E-state index in [1.807, 2.05) is 24.3 Å². The molecule has 36 heavy (non-hydrogen) atoms. The number of methoxy groups -OCH3 is 2. The Hall–Kier alpha value is -4.16. The van der Waals surface area contributed by atoms with E-state index in [1.54, 1.807) is 14.2 Å². The summed E-state index contributed by atoms with van der Waals surface area (Å²) in [5.41, 5.74) is 15.4. The highest BCUT2D eigenvalue weighted by Gasteiger charge is 2.28. The van der Waals surface area contributed by atoms with Gasteiger partial charge in [-0.15, -0.1) is 0 Å². The van der Waals surface area contributed by atoms with Gasteiger partial charge in [-0.05, 0) is 78.4 Å². The van der Waals surface area contributed by atoms with E-state index in [0.717, 1.165) is 52.4 Å². The van der Waals surface area contributed by atoms with Gasteiger partial charge < -0.3 is 18.9 Å². The molecule has 0 spiro atoms. The van der Waals surface area contributed by atoms with E-state index < -0.39 is 0 Å². The van der Waals surface area contributed by atoms with Gasteiger partial charge in [-0.3, -0.25) is 0 Å². The Balaban J connectivity index is 1.54. The lowest BCUT2D eigenvalue weighted by Crippen LogP contribution is -2.24. The molecule has 0 aliphatic heterocycles. The van der Waals surface area contributed by atoms with Crippen molar-refractivity contribution in [3.8, 4) is 11.5 Å². The second-order valence-electron chi connectivity index (χ2n) is 9.21. The largest absolute Gasteiger partial charge is 0.497 e. The van der Waals surface area contributed by atoms with Gasteiger partial charge in [-0.1, -0.05) is 29.4 Å². The number of pyridine rings is 1. The molecule has 0 amide bonds. The summed E-state index contributed by atoms with van der Waals surface area (Å²) in [6, 6.07) is 21.1. The molecular weight excluding hydrogens is 452 g/mol. The molecule has 184 valence electrons. The topological polar surface area (TPSA) is 88.3 Å². The van der Waals surface area contributed by atoms with Crippen LogP contribution in [0.5, 0.6) is 11.5 Å². The highest BCUT2D eigenvalue weighted by atomic mass is 16.5. The molecule has 1 saturated carbocycles. The predicted molar refractivity (Wildman–Crippen MR) is 141 cm³/mol. The van der Waals surface area contributed by atoms with E-state index in [-0.39, 0.29) is 0 Å². The third kappa shape index (κ3) is 4.95. The summed E-state index contributed by atoms with van der Waals surface area (Å²) in [5.74, 6) is 2.62. The SMILES string of the molecule is COc1ccc(CN(Cc2ccc(OC)cc2)c2nc3cc(CN=[N+]=[N-])n(C4CC4)c3cc2C)cc1. The molecule has 0 saturated heterocycles. The maximum Gasteiger partial charge on any atom is 0.132 e. The zero-order valence-corrected chi connectivity index (χ0v) is 20.9. The Kier molecular flexibility index (Phi) is 6.69. The number of aryl methyl sites for hydroxylation is 1. The second-order valence-corrected chi connectivity index (χ2v) is 9.21. The minimum absolute atomic E-state index is 0.332. The first-order chi connectivity index (χ1) is 17.6. The van der Waals surface area contributed by atoms with Crippen LogP contribution in [0.3, 0.4) is 0 Å². The molecule has 1 aliphatic rings. The molecule has 2 heterocycles. The molecule has 8 heteroatoms. The van der Waals surface area contributed by atoms with Gasteiger partial charge in [0.2, 0.25) is 0 Å². The molecule has 1 fully saturated rings. The Bertz CT molecular complexity index is 1350. The molecule has 2 aromatic heterocycles. The van der Waals surface area contributed by atoms with Crippen molar-refractivity contribution in [3.63, 3.8) is 0 Å². The first kappa shape index (κ1) is 23.6. The molecule has 0 bridgehead atoms. The zero-order chi connectivity index (χ0) is 25.1. The van der Waals surface area contributed by atoms with E-state index in [4.69, 9.17) is 20.0 Å². The number of nitrogens with zero attached hydrogens (tertiary/aromatic N) is 6. The van der Waals surface area contributed by atoms with E-state index in [1.165, 1.54) is 11.1 Å². The summed E-state index contributed by atoms with van der Waals surface area (Å²) < 4.78 is 13.0. The monoisotopic (exact) mass is 482 g/mol. The van der Waals surface area contributed by atoms with E-state index in [0.29, 0.717) is 25.7 Å². The summed E-state index contributed by atoms with van der Waals surface area (Å²) in [4.78, 5) is 10.4. The van der Waals surface area contributed by atoms with Crippen molar-refractivity contribution >= 4 is 16.9 Å². The van der Waals surface area contributed by atoms with Gasteiger partial charge in [-0.25, -0.2) is 4.98 Å². The molecular formula is C28H30N6O2. The molecule has 0 atom stereocenters. The molecule has 1 aliphatic carbocycles. The van der Waals surface area contributed by atoms with E-state index in [2.05, 4.69) is 62.8 Å². The van der Waals surface area contributed by atoms with Gasteiger partial charge in [0.25, 0.3) is 0 Å². The lowest BCUT2D eigenvalue weighted by Gasteiger charge is -2.26. The zero-order valence-electron chi connectivity index (χ0n) is 20.9. The van der Waals surface area contributed by atoms with Crippen LogP contribution in [0.2, 0.25) is 0 Å². The van der Waals surface area contributed by atoms with Gasteiger partial charge in [0.05, 0.1) is 31.8 Å². The van der Waals surface area contributed by atoms with Crippen LogP contribution in [0, 0.1) is 6.92 Å². The lowest BCUT2D eigenvalue weighted by molar-refractivity contribution is 0.414. The number of anilines is 1. The van der Waals surface area contributed by atoms with Crippen molar-refractivity contribution in [2.45, 2.75) is 45.4 Å². The molecule has 2 aromatic carbocycles. The van der Waals surface area contributed by atoms with Crippen molar-refractivity contribution in [2.75, 3.05) is 19.1 Å². The van der Waals surface area contributed by atoms with Crippen molar-refractivity contribution in [1.29, 1.82) is 0 Å². The van der Waals surface area contributed by atoms with Gasteiger partial charge in [-0.2, -0.15) is 0 Å². The van der Waals surface area contributed by atoms with Crippen molar-refractivity contribution in [2.24, 2.45) is 5.11 Å². The predicted octanol–water partition coefficient (Wildman–Crippen LogP) is 6.71. The van der Waals surface area contributed by atoms with Gasteiger partial charge in [0.15, 0.2) is 0 Å². The summed E-state index contributed by atoms with van der Waals surface area (Å²) in [6.07, 6.45) is 2.30. The standard InChI is InChI=1S/C28H30N6O2/c1-19-14-27-26(15-23(16-30-32-29)34(27)22-8-9-22)31-28(19)33(17-20-4-10-24(35-2)11-5-20)18-21-6-12-25(36-3)13-7-21/h4-7,10-15,22H,8-9,16-18H2,1-3H3. The molecule has 0 N–H and O–H groups in total. The van der Waals surface area contributed by atoms with Crippen LogP contribution in [-0.2, 0) is 19.6 Å². The number of azide groups is 1. The van der Waals surface area contributed by atoms with Crippen LogP contribution in [0.1, 0.15) is 41.3 Å². The Morgan fingerprint density at radius 2 is 1.56 bits per heavy atom. The first-order valence-electron chi connectivity index (χ1n) is 12.1. The molecule has 8 nitrogen and oxygen atoms in total. The molecule has 0 unspecified atom stereocenters. The Labute approximate surface area is 210 Å². The number of benzene rings is 2. The van der Waals surface area contributed by atoms with Crippen molar-refractivity contribution < 1.29 is 9.47 Å². The number of ether oxygens (including phenoxy) is 2. The average molecular weight is 483 g/mol. The highest BCUT2D eigenvalue weighted by Crippen LogP contribution is 2.40. The summed E-state index contributed by atoms with van der Waals surface area (Å²) in [5, 5.41) is 3.83. The minimum atomic E-state index is 0.332. The first-order valence-corrected chi connectivity index (χ1v) is 12.1. The number of fused-ring (bicyclic) bond motifs is 1. The fourth-order valence-corrected chi connectivity index (χ4v) is 4.70. The van der Waals surface area contributed by atoms with Crippen LogP contribution in [0.15, 0.2) is 65.8 Å². The molecule has 5 rings (SSSR count). The number of rotatable bonds is 10. The molecule has 4 aromatic rings. The van der Waals surface area contributed by atoms with Crippen LogP contribution < -0.4 is 14.4 Å². The molecule has 0 radical (unpaired) electrons. The van der Waals surface area contributed by atoms with Crippen LogP contribution in [0.4, 0.5) is 5.82 Å². The third-order valence-electron chi connectivity index (χ3n) is 6.64. The maximum atomic E-state index is 8.87. The van der Waals surface area contributed by atoms with Gasteiger partial charge >= 0.3 is 0 Å². The number of aromatic nitrogens is 2. The third-order valence-corrected chi connectivity index (χ3v) is 6.64. The normalized spacial score (nSPS) is 12.9. The smallest absolute Gasteiger partial charge is 0.132 e. The van der Waals surface area contributed by atoms with Crippen LogP contribution in [0.25, 0.3) is 21.5 Å². The summed E-state index contributed by atoms with van der Waals surface area (Å²) >= 11 is 0.